The predicted octanol–water partition coefficient (Wildman–Crippen LogP) is 6.99. The van der Waals surface area contributed by atoms with Gasteiger partial charge in [-0.3, -0.25) is 4.79 Å². The summed E-state index contributed by atoms with van der Waals surface area (Å²) in [6.07, 6.45) is -4.51. The molecule has 0 saturated carbocycles. The van der Waals surface area contributed by atoms with Crippen molar-refractivity contribution in [3.63, 3.8) is 0 Å². The molecule has 2 heterocycles. The number of thiazole rings is 1. The van der Waals surface area contributed by atoms with E-state index in [-0.39, 0.29) is 27.4 Å². The van der Waals surface area contributed by atoms with Gasteiger partial charge in [-0.05, 0) is 36.4 Å². The molecule has 2 aromatic heterocycles. The zero-order valence-corrected chi connectivity index (χ0v) is 18.5. The van der Waals surface area contributed by atoms with E-state index in [4.69, 9.17) is 11.6 Å². The highest BCUT2D eigenvalue weighted by Gasteiger charge is 2.30. The van der Waals surface area contributed by atoms with Gasteiger partial charge in [-0.2, -0.15) is 13.2 Å². The van der Waals surface area contributed by atoms with Gasteiger partial charge in [0.05, 0.1) is 22.2 Å². The minimum absolute atomic E-state index is 0.0498. The molecule has 0 unspecified atom stereocenters. The molecule has 0 N–H and O–H groups in total. The van der Waals surface area contributed by atoms with E-state index in [1.54, 1.807) is 29.6 Å². The van der Waals surface area contributed by atoms with Gasteiger partial charge < -0.3 is 0 Å². The highest BCUT2D eigenvalue weighted by atomic mass is 35.5. The van der Waals surface area contributed by atoms with Crippen molar-refractivity contribution in [2.24, 2.45) is 0 Å². The second-order valence-electron chi connectivity index (χ2n) is 7.33. The Labute approximate surface area is 198 Å². The van der Waals surface area contributed by atoms with E-state index < -0.39 is 23.1 Å². The van der Waals surface area contributed by atoms with Crippen LogP contribution in [0.4, 0.5) is 17.6 Å². The maximum Gasteiger partial charge on any atom is 0.416 e. The van der Waals surface area contributed by atoms with E-state index in [1.165, 1.54) is 34.1 Å². The molecular formula is C24H12ClF4N3OS. The first kappa shape index (κ1) is 22.2. The first-order valence-corrected chi connectivity index (χ1v) is 11.1. The van der Waals surface area contributed by atoms with Crippen LogP contribution in [0, 0.1) is 5.82 Å². The molecule has 5 aromatic rings. The molecule has 0 amide bonds. The lowest BCUT2D eigenvalue weighted by Crippen LogP contribution is -2.22. The Morgan fingerprint density at radius 1 is 0.882 bits per heavy atom. The Bertz CT molecular complexity index is 1580. The maximum absolute atomic E-state index is 13.8. The van der Waals surface area contributed by atoms with Crippen LogP contribution in [0.3, 0.4) is 0 Å². The lowest BCUT2D eigenvalue weighted by Gasteiger charge is -2.13. The normalized spacial score (nSPS) is 11.8. The van der Waals surface area contributed by atoms with E-state index >= 15 is 0 Å². The van der Waals surface area contributed by atoms with Crippen molar-refractivity contribution >= 4 is 33.8 Å². The fourth-order valence-electron chi connectivity index (χ4n) is 3.46. The van der Waals surface area contributed by atoms with Crippen molar-refractivity contribution in [1.29, 1.82) is 0 Å². The van der Waals surface area contributed by atoms with Crippen molar-refractivity contribution in [2.45, 2.75) is 6.18 Å². The van der Waals surface area contributed by atoms with E-state index in [9.17, 15) is 22.4 Å². The Balaban J connectivity index is 1.72. The second-order valence-corrected chi connectivity index (χ2v) is 8.61. The third-order valence-electron chi connectivity index (χ3n) is 5.13. The number of fused-ring (bicyclic) bond motifs is 1. The van der Waals surface area contributed by atoms with Crippen LogP contribution >= 0.6 is 22.9 Å². The average molecular weight is 502 g/mol. The molecule has 0 atom stereocenters. The average Bonchev–Trinajstić information content (AvgIpc) is 3.28. The van der Waals surface area contributed by atoms with Crippen LogP contribution in [0.15, 0.2) is 76.9 Å². The molecular weight excluding hydrogens is 490 g/mol. The zero-order valence-electron chi connectivity index (χ0n) is 17.0. The number of hydrogen-bond acceptors (Lipinski definition) is 4. The standard InChI is InChI=1S/C24H12ClF4N3OS/c25-16-7-3-13(4-8-16)20-12-34-23(31-20)32-21(14-1-5-15(6-2-14)24(27,28)29)30-19-11-17(26)9-10-18(19)22(32)33/h1-12H. The van der Waals surface area contributed by atoms with Crippen LogP contribution < -0.4 is 5.56 Å². The molecule has 0 bridgehead atoms. The van der Waals surface area contributed by atoms with Gasteiger partial charge in [0.1, 0.15) is 11.6 Å². The summed E-state index contributed by atoms with van der Waals surface area (Å²) in [5, 5.41) is 2.73. The zero-order chi connectivity index (χ0) is 24.0. The van der Waals surface area contributed by atoms with E-state index in [1.807, 2.05) is 0 Å². The highest BCUT2D eigenvalue weighted by molar-refractivity contribution is 7.12. The van der Waals surface area contributed by atoms with Crippen molar-refractivity contribution in [2.75, 3.05) is 0 Å². The summed E-state index contributed by atoms with van der Waals surface area (Å²) in [6.45, 7) is 0. The first-order chi connectivity index (χ1) is 16.2. The largest absolute Gasteiger partial charge is 0.416 e. The van der Waals surface area contributed by atoms with Gasteiger partial charge in [0.25, 0.3) is 5.56 Å². The fourth-order valence-corrected chi connectivity index (χ4v) is 4.42. The van der Waals surface area contributed by atoms with Gasteiger partial charge in [-0.25, -0.2) is 18.9 Å². The minimum Gasteiger partial charge on any atom is -0.268 e. The van der Waals surface area contributed by atoms with Gasteiger partial charge in [0.15, 0.2) is 5.13 Å². The number of hydrogen-bond donors (Lipinski definition) is 0. The third-order valence-corrected chi connectivity index (χ3v) is 6.20. The molecule has 0 aliphatic carbocycles. The third kappa shape index (κ3) is 4.08. The van der Waals surface area contributed by atoms with Crippen LogP contribution in [0.2, 0.25) is 5.02 Å². The van der Waals surface area contributed by atoms with Crippen LogP contribution in [-0.2, 0) is 6.18 Å². The number of nitrogens with zero attached hydrogens (tertiary/aromatic N) is 3. The Kier molecular flexibility index (Phi) is 5.45. The summed E-state index contributed by atoms with van der Waals surface area (Å²) in [4.78, 5) is 22.4. The molecule has 10 heteroatoms. The summed E-state index contributed by atoms with van der Waals surface area (Å²) >= 11 is 7.12. The molecule has 3 aromatic carbocycles. The molecule has 34 heavy (non-hydrogen) atoms. The molecule has 0 aliphatic heterocycles. The number of halogens is 5. The number of alkyl halides is 3. The first-order valence-electron chi connectivity index (χ1n) is 9.82. The van der Waals surface area contributed by atoms with Gasteiger partial charge >= 0.3 is 6.18 Å². The molecule has 0 spiro atoms. The highest BCUT2D eigenvalue weighted by Crippen LogP contribution is 2.32. The molecule has 0 saturated heterocycles. The molecule has 0 aliphatic rings. The van der Waals surface area contributed by atoms with Crippen LogP contribution in [0.5, 0.6) is 0 Å². The van der Waals surface area contributed by atoms with E-state index in [2.05, 4.69) is 9.97 Å². The van der Waals surface area contributed by atoms with Crippen LogP contribution in [0.1, 0.15) is 5.56 Å². The maximum atomic E-state index is 13.8. The molecule has 0 radical (unpaired) electrons. The van der Waals surface area contributed by atoms with Crippen molar-refractivity contribution < 1.29 is 17.6 Å². The number of benzene rings is 3. The SMILES string of the molecule is O=c1c2ccc(F)cc2nc(-c2ccc(C(F)(F)F)cc2)n1-c1nc(-c2ccc(Cl)cc2)cs1. The second kappa shape index (κ2) is 8.34. The van der Waals surface area contributed by atoms with Gasteiger partial charge in [0, 0.05) is 27.6 Å². The summed E-state index contributed by atoms with van der Waals surface area (Å²) in [5.41, 5.74) is 0.339. The summed E-state index contributed by atoms with van der Waals surface area (Å²) in [6, 6.07) is 14.8. The fraction of sp³-hybridized carbons (Fsp3) is 0.0417. The lowest BCUT2D eigenvalue weighted by molar-refractivity contribution is -0.137. The van der Waals surface area contributed by atoms with E-state index in [0.29, 0.717) is 10.7 Å². The smallest absolute Gasteiger partial charge is 0.268 e. The molecule has 5 rings (SSSR count). The Hall–Kier alpha value is -3.56. The number of aromatic nitrogens is 3. The summed E-state index contributed by atoms with van der Waals surface area (Å²) in [5.74, 6) is -0.538. The quantitative estimate of drug-likeness (QED) is 0.250. The van der Waals surface area contributed by atoms with E-state index in [0.717, 1.165) is 29.8 Å². The molecule has 0 fully saturated rings. The molecule has 170 valence electrons. The Morgan fingerprint density at radius 3 is 2.24 bits per heavy atom. The topological polar surface area (TPSA) is 47.8 Å². The van der Waals surface area contributed by atoms with Gasteiger partial charge in [-0.15, -0.1) is 11.3 Å². The summed E-state index contributed by atoms with van der Waals surface area (Å²) < 4.78 is 54.2. The predicted molar refractivity (Wildman–Crippen MR) is 124 cm³/mol. The number of rotatable bonds is 3. The van der Waals surface area contributed by atoms with Crippen molar-refractivity contribution in [3.8, 4) is 27.8 Å². The van der Waals surface area contributed by atoms with Gasteiger partial charge in [0.2, 0.25) is 0 Å². The monoisotopic (exact) mass is 501 g/mol. The molecule has 4 nitrogen and oxygen atoms in total. The summed E-state index contributed by atoms with van der Waals surface area (Å²) in [7, 11) is 0. The van der Waals surface area contributed by atoms with Gasteiger partial charge in [-0.1, -0.05) is 35.9 Å². The van der Waals surface area contributed by atoms with Crippen LogP contribution in [0.25, 0.3) is 38.7 Å². The van der Waals surface area contributed by atoms with Crippen molar-refractivity contribution in [1.82, 2.24) is 14.5 Å². The Morgan fingerprint density at radius 2 is 1.56 bits per heavy atom. The van der Waals surface area contributed by atoms with Crippen LogP contribution in [-0.4, -0.2) is 14.5 Å². The van der Waals surface area contributed by atoms with Crippen molar-refractivity contribution in [3.05, 3.63) is 98.9 Å². The minimum atomic E-state index is -4.51. The lowest BCUT2D eigenvalue weighted by atomic mass is 10.1.